The Morgan fingerprint density at radius 1 is 1.03 bits per heavy atom. The van der Waals surface area contributed by atoms with Gasteiger partial charge >= 0.3 is 6.18 Å². The van der Waals surface area contributed by atoms with Crippen LogP contribution in [0.15, 0.2) is 77.8 Å². The van der Waals surface area contributed by atoms with Gasteiger partial charge in [0.1, 0.15) is 11.5 Å². The quantitative estimate of drug-likeness (QED) is 0.281. The number of sulfone groups is 1. The Morgan fingerprint density at radius 2 is 1.71 bits per heavy atom. The first kappa shape index (κ1) is 27.1. The number of hydrogen-bond acceptors (Lipinski definition) is 6. The number of carbonyl (C=O) groups excluding carboxylic acids is 1. The predicted molar refractivity (Wildman–Crippen MR) is 138 cm³/mol. The molecule has 0 saturated heterocycles. The summed E-state index contributed by atoms with van der Waals surface area (Å²) in [6, 6.07) is 16.0. The molecule has 0 atom stereocenters. The first-order valence-corrected chi connectivity index (χ1v) is 13.2. The number of para-hydroxylation sites is 1. The molecule has 3 N–H and O–H groups in total. The van der Waals surface area contributed by atoms with E-state index in [4.69, 9.17) is 10.5 Å². The number of fused-ring (bicyclic) bond motifs is 1. The number of rotatable bonds is 9. The summed E-state index contributed by atoms with van der Waals surface area (Å²) in [6.07, 6.45) is -3.17. The number of ether oxygens (including phenoxy) is 1. The highest BCUT2D eigenvalue weighted by Crippen LogP contribution is 2.39. The van der Waals surface area contributed by atoms with Crippen molar-refractivity contribution in [3.05, 3.63) is 84.1 Å². The maximum atomic E-state index is 13.6. The minimum Gasteiger partial charge on any atom is -0.457 e. The Hall–Kier alpha value is -3.96. The van der Waals surface area contributed by atoms with Gasteiger partial charge in [-0.15, -0.1) is 0 Å². The van der Waals surface area contributed by atoms with Crippen LogP contribution >= 0.6 is 0 Å². The number of primary amides is 1. The number of amides is 1. The van der Waals surface area contributed by atoms with E-state index in [-0.39, 0.29) is 44.2 Å². The third-order valence-corrected chi connectivity index (χ3v) is 7.63. The van der Waals surface area contributed by atoms with Gasteiger partial charge in [0.05, 0.1) is 27.3 Å². The maximum Gasteiger partial charge on any atom is 0.418 e. The van der Waals surface area contributed by atoms with Crippen LogP contribution in [0.3, 0.4) is 0 Å². The lowest BCUT2D eigenvalue weighted by molar-refractivity contribution is -0.136. The van der Waals surface area contributed by atoms with Gasteiger partial charge in [0.15, 0.2) is 9.84 Å². The maximum absolute atomic E-state index is 13.6. The Kier molecular flexibility index (Phi) is 7.70. The van der Waals surface area contributed by atoms with Crippen molar-refractivity contribution in [1.82, 2.24) is 10.3 Å². The molecule has 0 bridgehead atoms. The minimum absolute atomic E-state index is 0.0301. The molecule has 198 valence electrons. The van der Waals surface area contributed by atoms with Crippen LogP contribution in [-0.4, -0.2) is 38.7 Å². The minimum atomic E-state index is -4.65. The summed E-state index contributed by atoms with van der Waals surface area (Å²) in [7, 11) is -1.78. The largest absolute Gasteiger partial charge is 0.457 e. The fraction of sp³-hybridized carbons (Fsp3) is 0.185. The molecule has 1 amide bonds. The standard InChI is InChI=1S/C27H24F3N3O4S/c1-32-12-5-13-38(35,36)20-9-3-8-19(15-20)37-18-7-2-6-17(14-18)24-21-10-4-11-23(27(28,29)30)25(21)33-16-22(24)26(31)34/h2-4,6-11,14-16,32H,5,12-13H2,1H3,(H2,31,34). The van der Waals surface area contributed by atoms with Gasteiger partial charge in [-0.05, 0) is 62.0 Å². The molecule has 0 spiro atoms. The number of halogens is 3. The van der Waals surface area contributed by atoms with Gasteiger partial charge in [-0.25, -0.2) is 8.42 Å². The van der Waals surface area contributed by atoms with E-state index in [2.05, 4.69) is 10.3 Å². The SMILES string of the molecule is CNCCCS(=O)(=O)c1cccc(Oc2cccc(-c3c(C(N)=O)cnc4c(C(F)(F)F)cccc34)c2)c1. The van der Waals surface area contributed by atoms with Gasteiger partial charge < -0.3 is 15.8 Å². The molecule has 0 radical (unpaired) electrons. The van der Waals surface area contributed by atoms with Crippen LogP contribution in [-0.2, 0) is 16.0 Å². The first-order chi connectivity index (χ1) is 18.0. The molecule has 0 fully saturated rings. The topological polar surface area (TPSA) is 111 Å². The van der Waals surface area contributed by atoms with E-state index in [1.165, 1.54) is 30.3 Å². The number of carbonyl (C=O) groups is 1. The van der Waals surface area contributed by atoms with Gasteiger partial charge in [-0.1, -0.05) is 30.3 Å². The van der Waals surface area contributed by atoms with Crippen molar-refractivity contribution in [3.8, 4) is 22.6 Å². The van der Waals surface area contributed by atoms with E-state index in [0.717, 1.165) is 12.3 Å². The molecule has 4 aromatic rings. The molecule has 1 aromatic heterocycles. The molecule has 0 unspecified atom stereocenters. The third kappa shape index (κ3) is 5.79. The Morgan fingerprint density at radius 3 is 2.39 bits per heavy atom. The smallest absolute Gasteiger partial charge is 0.418 e. The van der Waals surface area contributed by atoms with Crippen LogP contribution in [0.4, 0.5) is 13.2 Å². The van der Waals surface area contributed by atoms with Gasteiger partial charge in [0.25, 0.3) is 5.91 Å². The summed E-state index contributed by atoms with van der Waals surface area (Å²) in [5.41, 5.74) is 4.78. The van der Waals surface area contributed by atoms with E-state index in [1.807, 2.05) is 0 Å². The van der Waals surface area contributed by atoms with Crippen molar-refractivity contribution in [1.29, 1.82) is 0 Å². The van der Waals surface area contributed by atoms with Crippen molar-refractivity contribution in [2.75, 3.05) is 19.3 Å². The van der Waals surface area contributed by atoms with Gasteiger partial charge in [0.2, 0.25) is 0 Å². The highest BCUT2D eigenvalue weighted by Gasteiger charge is 2.34. The number of aromatic nitrogens is 1. The number of pyridine rings is 1. The Bertz CT molecular complexity index is 1610. The molecule has 0 saturated carbocycles. The third-order valence-electron chi connectivity index (χ3n) is 5.83. The summed E-state index contributed by atoms with van der Waals surface area (Å²) in [4.78, 5) is 16.2. The van der Waals surface area contributed by atoms with E-state index in [9.17, 15) is 26.4 Å². The number of nitrogens with two attached hydrogens (primary N) is 1. The number of nitrogens with one attached hydrogen (secondary N) is 1. The number of hydrogen-bond donors (Lipinski definition) is 2. The average Bonchev–Trinajstić information content (AvgIpc) is 2.87. The zero-order chi connectivity index (χ0) is 27.5. The summed E-state index contributed by atoms with van der Waals surface area (Å²) >= 11 is 0. The molecule has 0 aliphatic heterocycles. The number of alkyl halides is 3. The summed E-state index contributed by atoms with van der Waals surface area (Å²) in [5.74, 6) is -0.350. The molecule has 3 aromatic carbocycles. The fourth-order valence-corrected chi connectivity index (χ4v) is 5.43. The van der Waals surface area contributed by atoms with E-state index < -0.39 is 27.5 Å². The van der Waals surface area contributed by atoms with Crippen LogP contribution in [0.25, 0.3) is 22.0 Å². The van der Waals surface area contributed by atoms with Crippen molar-refractivity contribution >= 4 is 26.6 Å². The molecular formula is C27H24F3N3O4S. The normalized spacial score (nSPS) is 12.0. The zero-order valence-electron chi connectivity index (χ0n) is 20.2. The lowest BCUT2D eigenvalue weighted by atomic mass is 9.94. The summed E-state index contributed by atoms with van der Waals surface area (Å²) < 4.78 is 72.1. The fourth-order valence-electron chi connectivity index (χ4n) is 4.09. The van der Waals surface area contributed by atoms with Gasteiger partial charge in [-0.2, -0.15) is 13.2 Å². The lowest BCUT2D eigenvalue weighted by Crippen LogP contribution is -2.14. The molecular weight excluding hydrogens is 519 g/mol. The zero-order valence-corrected chi connectivity index (χ0v) is 21.1. The van der Waals surface area contributed by atoms with E-state index >= 15 is 0 Å². The number of benzene rings is 3. The van der Waals surface area contributed by atoms with Crippen molar-refractivity contribution in [3.63, 3.8) is 0 Å². The highest BCUT2D eigenvalue weighted by atomic mass is 32.2. The summed E-state index contributed by atoms with van der Waals surface area (Å²) in [6.45, 7) is 0.559. The average molecular weight is 544 g/mol. The molecule has 1 heterocycles. The second kappa shape index (κ2) is 10.8. The molecule has 38 heavy (non-hydrogen) atoms. The van der Waals surface area contributed by atoms with Gasteiger partial charge in [-0.3, -0.25) is 9.78 Å². The van der Waals surface area contributed by atoms with Crippen LogP contribution < -0.4 is 15.8 Å². The molecule has 11 heteroatoms. The van der Waals surface area contributed by atoms with Gasteiger partial charge in [0, 0.05) is 17.1 Å². The molecule has 0 aliphatic carbocycles. The van der Waals surface area contributed by atoms with Crippen molar-refractivity contribution < 1.29 is 31.1 Å². The summed E-state index contributed by atoms with van der Waals surface area (Å²) in [5, 5.41) is 3.01. The predicted octanol–water partition coefficient (Wildman–Crippen LogP) is 5.20. The van der Waals surface area contributed by atoms with E-state index in [0.29, 0.717) is 18.5 Å². The van der Waals surface area contributed by atoms with Crippen LogP contribution in [0.1, 0.15) is 22.3 Å². The molecule has 4 rings (SSSR count). The number of nitrogens with zero attached hydrogens (tertiary/aromatic N) is 1. The Balaban J connectivity index is 1.75. The lowest BCUT2D eigenvalue weighted by Gasteiger charge is -2.15. The highest BCUT2D eigenvalue weighted by molar-refractivity contribution is 7.91. The first-order valence-electron chi connectivity index (χ1n) is 11.6. The monoisotopic (exact) mass is 543 g/mol. The molecule has 7 nitrogen and oxygen atoms in total. The van der Waals surface area contributed by atoms with Crippen LogP contribution in [0, 0.1) is 0 Å². The van der Waals surface area contributed by atoms with Crippen LogP contribution in [0.2, 0.25) is 0 Å². The second-order valence-corrected chi connectivity index (χ2v) is 10.6. The van der Waals surface area contributed by atoms with Crippen LogP contribution in [0.5, 0.6) is 11.5 Å². The van der Waals surface area contributed by atoms with Crippen molar-refractivity contribution in [2.24, 2.45) is 5.73 Å². The van der Waals surface area contributed by atoms with E-state index in [1.54, 1.807) is 37.4 Å². The molecule has 0 aliphatic rings. The Labute approximate surface area is 217 Å². The second-order valence-electron chi connectivity index (χ2n) is 8.49. The van der Waals surface area contributed by atoms with Crippen molar-refractivity contribution in [2.45, 2.75) is 17.5 Å².